The Morgan fingerprint density at radius 1 is 1.00 bits per heavy atom. The molecule has 40 heavy (non-hydrogen) atoms. The van der Waals surface area contributed by atoms with Gasteiger partial charge in [-0.2, -0.15) is 4.31 Å². The summed E-state index contributed by atoms with van der Waals surface area (Å²) in [6.07, 6.45) is 3.23. The molecule has 0 saturated carbocycles. The van der Waals surface area contributed by atoms with E-state index in [1.54, 1.807) is 24.3 Å². The molecular formula is C27H30N4O8S. The van der Waals surface area contributed by atoms with E-state index in [1.165, 1.54) is 4.90 Å². The van der Waals surface area contributed by atoms with E-state index in [0.717, 1.165) is 21.3 Å². The zero-order valence-electron chi connectivity index (χ0n) is 21.7. The molecule has 3 aliphatic heterocycles. The van der Waals surface area contributed by atoms with Crippen LogP contribution in [0.1, 0.15) is 29.6 Å². The van der Waals surface area contributed by atoms with Crippen molar-refractivity contribution in [3.63, 3.8) is 0 Å². The fourth-order valence-electron chi connectivity index (χ4n) is 5.43. The van der Waals surface area contributed by atoms with E-state index in [2.05, 4.69) is 10.6 Å². The van der Waals surface area contributed by atoms with Crippen LogP contribution in [-0.2, 0) is 29.1 Å². The van der Waals surface area contributed by atoms with Gasteiger partial charge >= 0.3 is 5.97 Å². The Morgan fingerprint density at radius 3 is 2.45 bits per heavy atom. The average molecular weight is 571 g/mol. The van der Waals surface area contributed by atoms with Crippen LogP contribution in [-0.4, -0.2) is 96.2 Å². The van der Waals surface area contributed by atoms with Crippen molar-refractivity contribution < 1.29 is 37.4 Å². The van der Waals surface area contributed by atoms with E-state index in [1.807, 2.05) is 30.3 Å². The number of nitrogens with zero attached hydrogens (tertiary/aromatic N) is 2. The minimum Gasteiger partial charge on any atom is -0.434 e. The first-order valence-electron chi connectivity index (χ1n) is 12.9. The molecule has 13 heteroatoms. The van der Waals surface area contributed by atoms with Gasteiger partial charge in [0, 0.05) is 24.7 Å². The Labute approximate surface area is 231 Å². The number of carbonyl (C=O) groups excluding carboxylic acids is 4. The lowest BCUT2D eigenvalue weighted by molar-refractivity contribution is -0.156. The van der Waals surface area contributed by atoms with E-state index in [-0.39, 0.29) is 25.9 Å². The van der Waals surface area contributed by atoms with Crippen LogP contribution in [0.4, 0.5) is 0 Å². The summed E-state index contributed by atoms with van der Waals surface area (Å²) in [6.45, 7) is -0.353. The minimum absolute atomic E-state index is 0.0314. The fraction of sp³-hybridized carbons (Fsp3) is 0.407. The summed E-state index contributed by atoms with van der Waals surface area (Å²) in [5, 5.41) is 16.9. The summed E-state index contributed by atoms with van der Waals surface area (Å²) in [4.78, 5) is 53.7. The van der Waals surface area contributed by atoms with Crippen LogP contribution in [0.15, 0.2) is 54.6 Å². The molecule has 3 N–H and O–H groups in total. The Balaban J connectivity index is 1.44. The SMILES string of the molecule is CS(=O)(=O)N1C[C@@H]2CC=CC[C@H](NC(=O)c3cccc4ccccc34)C(=O)N2[C@H](C(=O)NC2CC(=O)OC2O)C1. The zero-order chi connectivity index (χ0) is 28.6. The Bertz CT molecular complexity index is 1490. The van der Waals surface area contributed by atoms with E-state index >= 15 is 0 Å². The van der Waals surface area contributed by atoms with Crippen molar-refractivity contribution in [2.45, 2.75) is 49.7 Å². The van der Waals surface area contributed by atoms with Crippen LogP contribution in [0.3, 0.4) is 0 Å². The molecule has 0 aromatic heterocycles. The molecule has 0 radical (unpaired) electrons. The van der Waals surface area contributed by atoms with Crippen LogP contribution in [0.5, 0.6) is 0 Å². The summed E-state index contributed by atoms with van der Waals surface area (Å²) in [5.74, 6) is -2.42. The number of carbonyl (C=O) groups is 4. The van der Waals surface area contributed by atoms with Crippen molar-refractivity contribution >= 4 is 44.5 Å². The van der Waals surface area contributed by atoms with Gasteiger partial charge in [0.05, 0.1) is 12.7 Å². The van der Waals surface area contributed by atoms with Crippen LogP contribution in [0.25, 0.3) is 10.8 Å². The minimum atomic E-state index is -3.72. The fourth-order valence-corrected chi connectivity index (χ4v) is 6.28. The second-order valence-electron chi connectivity index (χ2n) is 10.2. The van der Waals surface area contributed by atoms with E-state index < -0.39 is 64.2 Å². The van der Waals surface area contributed by atoms with Gasteiger partial charge in [-0.15, -0.1) is 0 Å². The second-order valence-corrected chi connectivity index (χ2v) is 12.2. The smallest absolute Gasteiger partial charge is 0.310 e. The molecule has 2 fully saturated rings. The number of nitrogens with one attached hydrogen (secondary N) is 2. The van der Waals surface area contributed by atoms with Gasteiger partial charge in [-0.1, -0.05) is 48.6 Å². The van der Waals surface area contributed by atoms with Gasteiger partial charge in [0.2, 0.25) is 28.1 Å². The van der Waals surface area contributed by atoms with Gasteiger partial charge in [0.15, 0.2) is 0 Å². The summed E-state index contributed by atoms with van der Waals surface area (Å²) in [5.41, 5.74) is 0.393. The molecule has 212 valence electrons. The van der Waals surface area contributed by atoms with Gasteiger partial charge in [0.25, 0.3) is 5.91 Å². The molecule has 0 spiro atoms. The number of sulfonamides is 1. The van der Waals surface area contributed by atoms with Crippen molar-refractivity contribution in [3.8, 4) is 0 Å². The molecule has 5 rings (SSSR count). The third kappa shape index (κ3) is 5.58. The monoisotopic (exact) mass is 570 g/mol. The first kappa shape index (κ1) is 27.7. The molecule has 2 aromatic rings. The molecule has 12 nitrogen and oxygen atoms in total. The molecule has 3 heterocycles. The number of benzene rings is 2. The number of fused-ring (bicyclic) bond motifs is 2. The number of cyclic esters (lactones) is 1. The lowest BCUT2D eigenvalue weighted by atomic mass is 9.97. The van der Waals surface area contributed by atoms with E-state index in [4.69, 9.17) is 4.74 Å². The molecular weight excluding hydrogens is 540 g/mol. The van der Waals surface area contributed by atoms with Gasteiger partial charge in [-0.3, -0.25) is 19.2 Å². The van der Waals surface area contributed by atoms with Gasteiger partial charge < -0.3 is 25.4 Å². The number of rotatable bonds is 5. The summed E-state index contributed by atoms with van der Waals surface area (Å²) >= 11 is 0. The van der Waals surface area contributed by atoms with Crippen molar-refractivity contribution in [3.05, 3.63) is 60.2 Å². The molecule has 3 aliphatic rings. The third-order valence-electron chi connectivity index (χ3n) is 7.44. The van der Waals surface area contributed by atoms with E-state index in [9.17, 15) is 32.7 Å². The molecule has 2 unspecified atom stereocenters. The lowest BCUT2D eigenvalue weighted by Crippen LogP contribution is -2.68. The van der Waals surface area contributed by atoms with Crippen molar-refractivity contribution in [2.75, 3.05) is 19.3 Å². The largest absolute Gasteiger partial charge is 0.434 e. The van der Waals surface area contributed by atoms with Crippen molar-refractivity contribution in [2.24, 2.45) is 0 Å². The normalized spacial score (nSPS) is 27.4. The molecule has 2 aromatic carbocycles. The Morgan fingerprint density at radius 2 is 1.73 bits per heavy atom. The number of aliphatic hydroxyl groups excluding tert-OH is 1. The van der Waals surface area contributed by atoms with Gasteiger partial charge in [0.1, 0.15) is 18.1 Å². The quantitative estimate of drug-likeness (QED) is 0.331. The number of hydrogen-bond donors (Lipinski definition) is 3. The Kier molecular flexibility index (Phi) is 7.62. The highest BCUT2D eigenvalue weighted by atomic mass is 32.2. The van der Waals surface area contributed by atoms with Crippen molar-refractivity contribution in [1.29, 1.82) is 0 Å². The van der Waals surface area contributed by atoms with Crippen LogP contribution < -0.4 is 10.6 Å². The topological polar surface area (TPSA) is 162 Å². The Hall–Kier alpha value is -3.81. The van der Waals surface area contributed by atoms with Gasteiger partial charge in [-0.25, -0.2) is 8.42 Å². The van der Waals surface area contributed by atoms with Crippen LogP contribution in [0, 0.1) is 0 Å². The number of ether oxygens (including phenoxy) is 1. The highest BCUT2D eigenvalue weighted by Crippen LogP contribution is 2.26. The average Bonchev–Trinajstić information content (AvgIpc) is 3.23. The second kappa shape index (κ2) is 11.0. The maximum Gasteiger partial charge on any atom is 0.310 e. The first-order chi connectivity index (χ1) is 19.0. The summed E-state index contributed by atoms with van der Waals surface area (Å²) in [7, 11) is -3.72. The number of esters is 1. The van der Waals surface area contributed by atoms with Gasteiger partial charge in [-0.05, 0) is 29.7 Å². The number of hydrogen-bond acceptors (Lipinski definition) is 8. The molecule has 2 saturated heterocycles. The number of piperazine rings is 1. The number of aliphatic hydroxyl groups is 1. The van der Waals surface area contributed by atoms with Crippen LogP contribution in [0.2, 0.25) is 0 Å². The molecule has 0 bridgehead atoms. The first-order valence-corrected chi connectivity index (χ1v) is 14.8. The van der Waals surface area contributed by atoms with E-state index in [0.29, 0.717) is 12.0 Å². The highest BCUT2D eigenvalue weighted by molar-refractivity contribution is 7.88. The molecule has 0 aliphatic carbocycles. The lowest BCUT2D eigenvalue weighted by Gasteiger charge is -2.46. The van der Waals surface area contributed by atoms with Crippen molar-refractivity contribution in [1.82, 2.24) is 19.8 Å². The predicted molar refractivity (Wildman–Crippen MR) is 143 cm³/mol. The molecule has 3 amide bonds. The standard InChI is InChI=1S/C27H30N4O8S/c1-40(37,38)30-14-17-9-3-5-12-20(28-24(33)19-11-6-8-16-7-2-4-10-18(16)19)26(35)31(17)22(15-30)25(34)29-21-13-23(32)39-27(21)36/h2-8,10-11,17,20-22,27,36H,9,12-15H2,1H3,(H,28,33)(H,29,34)/t17-,20-,21?,22-,27?/m0/s1. The van der Waals surface area contributed by atoms with Crippen LogP contribution >= 0.6 is 0 Å². The highest BCUT2D eigenvalue weighted by Gasteiger charge is 2.47. The zero-order valence-corrected chi connectivity index (χ0v) is 22.5. The summed E-state index contributed by atoms with van der Waals surface area (Å²) in [6, 6.07) is 8.65. The summed E-state index contributed by atoms with van der Waals surface area (Å²) < 4.78 is 30.8. The maximum absolute atomic E-state index is 14.0. The predicted octanol–water partition coefficient (Wildman–Crippen LogP) is -0.121. The molecule has 5 atom stereocenters. The maximum atomic E-state index is 14.0. The number of amides is 3. The third-order valence-corrected chi connectivity index (χ3v) is 8.68.